The number of aromatic nitrogens is 2. The monoisotopic (exact) mass is 511 g/mol. The van der Waals surface area contributed by atoms with E-state index in [2.05, 4.69) is 39.2 Å². The molecule has 1 aliphatic carbocycles. The van der Waals surface area contributed by atoms with Crippen molar-refractivity contribution < 1.29 is 14.4 Å². The molecule has 4 rings (SSSR count). The van der Waals surface area contributed by atoms with Gasteiger partial charge in [-0.05, 0) is 37.7 Å². The number of nitro benzene ring substituents is 1. The zero-order valence-electron chi connectivity index (χ0n) is 21.8. The number of nitrogens with zero attached hydrogens (tertiary/aromatic N) is 6. The Morgan fingerprint density at radius 2 is 1.95 bits per heavy atom. The number of ether oxygens (including phenoxy) is 2. The minimum Gasteiger partial charge on any atom is -0.462 e. The second kappa shape index (κ2) is 13.3. The van der Waals surface area contributed by atoms with E-state index in [4.69, 9.17) is 14.5 Å². The molecule has 0 bridgehead atoms. The standard InChI is InChI=1S/C26H37N7O4/c1-3-10-32(11-4-2)25-19-24(27-26(28-25)37-17-14-31-12-15-36-16-13-31)30-29-23-7-5-6-20-8-9-21(33(34)35)18-22(20)23/h8-9,18-19H,3-7,10-17H2,1-2H3,(H,27,28,30)/b29-23+. The van der Waals surface area contributed by atoms with Gasteiger partial charge >= 0.3 is 6.01 Å². The lowest BCUT2D eigenvalue weighted by atomic mass is 9.90. The number of hydrazone groups is 1. The predicted molar refractivity (Wildman–Crippen MR) is 144 cm³/mol. The molecule has 0 amide bonds. The van der Waals surface area contributed by atoms with Gasteiger partial charge in [-0.15, -0.1) is 0 Å². The van der Waals surface area contributed by atoms with Crippen LogP contribution in [0.2, 0.25) is 0 Å². The Morgan fingerprint density at radius 1 is 1.16 bits per heavy atom. The lowest BCUT2D eigenvalue weighted by molar-refractivity contribution is -0.384. The lowest BCUT2D eigenvalue weighted by Crippen LogP contribution is -2.38. The Balaban J connectivity index is 1.55. The maximum absolute atomic E-state index is 11.3. The van der Waals surface area contributed by atoms with Crippen LogP contribution in [0.15, 0.2) is 29.4 Å². The molecular formula is C26H37N7O4. The summed E-state index contributed by atoms with van der Waals surface area (Å²) in [4.78, 5) is 24.8. The Labute approximate surface area is 218 Å². The van der Waals surface area contributed by atoms with E-state index in [1.165, 1.54) is 0 Å². The van der Waals surface area contributed by atoms with E-state index in [0.29, 0.717) is 18.4 Å². The number of rotatable bonds is 12. The van der Waals surface area contributed by atoms with E-state index in [0.717, 1.165) is 101 Å². The molecule has 0 saturated carbocycles. The summed E-state index contributed by atoms with van der Waals surface area (Å²) < 4.78 is 11.4. The summed E-state index contributed by atoms with van der Waals surface area (Å²) in [6.45, 7) is 10.6. The van der Waals surface area contributed by atoms with Crippen molar-refractivity contribution in [3.8, 4) is 6.01 Å². The minimum atomic E-state index is -0.368. The third-order valence-corrected chi connectivity index (χ3v) is 6.53. The van der Waals surface area contributed by atoms with E-state index in [1.54, 1.807) is 12.1 Å². The molecule has 0 atom stereocenters. The van der Waals surface area contributed by atoms with Gasteiger partial charge in [-0.2, -0.15) is 15.1 Å². The van der Waals surface area contributed by atoms with Crippen LogP contribution in [0.25, 0.3) is 0 Å². The van der Waals surface area contributed by atoms with Gasteiger partial charge in [-0.1, -0.05) is 19.9 Å². The molecule has 0 radical (unpaired) electrons. The van der Waals surface area contributed by atoms with Crippen molar-refractivity contribution in [3.63, 3.8) is 0 Å². The molecule has 11 nitrogen and oxygen atoms in total. The summed E-state index contributed by atoms with van der Waals surface area (Å²) in [5.41, 5.74) is 5.86. The predicted octanol–water partition coefficient (Wildman–Crippen LogP) is 3.87. The zero-order valence-corrected chi connectivity index (χ0v) is 21.8. The van der Waals surface area contributed by atoms with Gasteiger partial charge in [0.2, 0.25) is 0 Å². The molecule has 200 valence electrons. The van der Waals surface area contributed by atoms with Crippen LogP contribution in [0.3, 0.4) is 0 Å². The first-order chi connectivity index (χ1) is 18.1. The lowest BCUT2D eigenvalue weighted by Gasteiger charge is -2.26. The van der Waals surface area contributed by atoms with Crippen LogP contribution in [0.5, 0.6) is 6.01 Å². The number of fused-ring (bicyclic) bond motifs is 1. The van der Waals surface area contributed by atoms with Crippen LogP contribution < -0.4 is 15.1 Å². The summed E-state index contributed by atoms with van der Waals surface area (Å²) in [5.74, 6) is 1.33. The van der Waals surface area contributed by atoms with E-state index < -0.39 is 0 Å². The van der Waals surface area contributed by atoms with Crippen molar-refractivity contribution in [2.24, 2.45) is 5.10 Å². The molecular weight excluding hydrogens is 474 g/mol. The Bertz CT molecular complexity index is 1080. The first-order valence-electron chi connectivity index (χ1n) is 13.2. The fourth-order valence-electron chi connectivity index (χ4n) is 4.65. The van der Waals surface area contributed by atoms with Crippen LogP contribution in [0.4, 0.5) is 17.3 Å². The van der Waals surface area contributed by atoms with Crippen molar-refractivity contribution in [2.45, 2.75) is 46.0 Å². The average Bonchev–Trinajstić information content (AvgIpc) is 2.92. The van der Waals surface area contributed by atoms with Gasteiger partial charge in [0.15, 0.2) is 5.82 Å². The number of aryl methyl sites for hydroxylation is 1. The SMILES string of the molecule is CCCN(CCC)c1cc(N/N=C2\CCCc3ccc([N+](=O)[O-])cc32)nc(OCCN2CCOCC2)n1. The normalized spacial score (nSPS) is 16.9. The summed E-state index contributed by atoms with van der Waals surface area (Å²) in [6, 6.07) is 7.21. The highest BCUT2D eigenvalue weighted by atomic mass is 16.6. The summed E-state index contributed by atoms with van der Waals surface area (Å²) in [7, 11) is 0. The fraction of sp³-hybridized carbons (Fsp3) is 0.577. The molecule has 1 aromatic carbocycles. The number of anilines is 2. The van der Waals surface area contributed by atoms with Crippen LogP contribution in [-0.4, -0.2) is 78.0 Å². The summed E-state index contributed by atoms with van der Waals surface area (Å²) in [6.07, 6.45) is 4.56. The summed E-state index contributed by atoms with van der Waals surface area (Å²) in [5, 5.41) is 16.0. The van der Waals surface area contributed by atoms with Gasteiger partial charge in [-0.3, -0.25) is 20.4 Å². The van der Waals surface area contributed by atoms with E-state index >= 15 is 0 Å². The van der Waals surface area contributed by atoms with Crippen LogP contribution in [0.1, 0.15) is 50.7 Å². The molecule has 37 heavy (non-hydrogen) atoms. The van der Waals surface area contributed by atoms with Gasteiger partial charge in [-0.25, -0.2) is 0 Å². The number of morpholine rings is 1. The smallest absolute Gasteiger partial charge is 0.320 e. The molecule has 1 aromatic heterocycles. The molecule has 0 unspecified atom stereocenters. The molecule has 0 spiro atoms. The van der Waals surface area contributed by atoms with E-state index in [9.17, 15) is 10.1 Å². The van der Waals surface area contributed by atoms with E-state index in [1.807, 2.05) is 12.1 Å². The van der Waals surface area contributed by atoms with Crippen molar-refractivity contribution in [2.75, 3.05) is 62.9 Å². The van der Waals surface area contributed by atoms with Gasteiger partial charge in [0.25, 0.3) is 5.69 Å². The maximum Gasteiger partial charge on any atom is 0.320 e. The Morgan fingerprint density at radius 3 is 2.68 bits per heavy atom. The maximum atomic E-state index is 11.3. The molecule has 2 aromatic rings. The largest absolute Gasteiger partial charge is 0.462 e. The zero-order chi connectivity index (χ0) is 26.0. The second-order valence-electron chi connectivity index (χ2n) is 9.31. The summed E-state index contributed by atoms with van der Waals surface area (Å²) >= 11 is 0. The molecule has 1 aliphatic heterocycles. The number of hydrogen-bond donors (Lipinski definition) is 1. The molecule has 11 heteroatoms. The first-order valence-corrected chi connectivity index (χ1v) is 13.2. The Hall–Kier alpha value is -3.31. The third kappa shape index (κ3) is 7.36. The van der Waals surface area contributed by atoms with Gasteiger partial charge in [0, 0.05) is 56.5 Å². The molecule has 1 N–H and O–H groups in total. The number of benzene rings is 1. The average molecular weight is 512 g/mol. The number of non-ortho nitro benzene ring substituents is 1. The molecule has 2 heterocycles. The highest BCUT2D eigenvalue weighted by Crippen LogP contribution is 2.27. The van der Waals surface area contributed by atoms with Crippen LogP contribution in [-0.2, 0) is 11.2 Å². The van der Waals surface area contributed by atoms with Crippen LogP contribution in [0, 0.1) is 10.1 Å². The number of hydrogen-bond acceptors (Lipinski definition) is 10. The number of nitro groups is 1. The number of nitrogens with one attached hydrogen (secondary N) is 1. The molecule has 1 saturated heterocycles. The van der Waals surface area contributed by atoms with Crippen molar-refractivity contribution in [3.05, 3.63) is 45.5 Å². The minimum absolute atomic E-state index is 0.0726. The molecule has 2 aliphatic rings. The van der Waals surface area contributed by atoms with Gasteiger partial charge in [0.05, 0.1) is 23.8 Å². The molecule has 1 fully saturated rings. The Kier molecular flexibility index (Phi) is 9.61. The van der Waals surface area contributed by atoms with Crippen molar-refractivity contribution in [1.82, 2.24) is 14.9 Å². The van der Waals surface area contributed by atoms with Crippen molar-refractivity contribution in [1.29, 1.82) is 0 Å². The first kappa shape index (κ1) is 26.7. The van der Waals surface area contributed by atoms with Gasteiger partial charge in [0.1, 0.15) is 12.4 Å². The van der Waals surface area contributed by atoms with Crippen molar-refractivity contribution >= 4 is 23.0 Å². The topological polar surface area (TPSA) is 118 Å². The van der Waals surface area contributed by atoms with Gasteiger partial charge < -0.3 is 14.4 Å². The fourth-order valence-corrected chi connectivity index (χ4v) is 4.65. The second-order valence-corrected chi connectivity index (χ2v) is 9.31. The third-order valence-electron chi connectivity index (χ3n) is 6.53. The highest BCUT2D eigenvalue weighted by molar-refractivity contribution is 6.03. The quantitative estimate of drug-likeness (QED) is 0.334. The van der Waals surface area contributed by atoms with Crippen LogP contribution >= 0.6 is 0 Å². The highest BCUT2D eigenvalue weighted by Gasteiger charge is 2.20. The van der Waals surface area contributed by atoms with E-state index in [-0.39, 0.29) is 10.6 Å².